The van der Waals surface area contributed by atoms with Gasteiger partial charge in [-0.25, -0.2) is 0 Å². The molecule has 1 aliphatic rings. The minimum Gasteiger partial charge on any atom is -0.464 e. The summed E-state index contributed by atoms with van der Waals surface area (Å²) in [6, 6.07) is 0.989. The van der Waals surface area contributed by atoms with Crippen molar-refractivity contribution in [1.82, 2.24) is 4.90 Å². The maximum atomic E-state index is 11.3. The van der Waals surface area contributed by atoms with Crippen LogP contribution in [-0.2, 0) is 9.53 Å². The van der Waals surface area contributed by atoms with E-state index in [0.717, 1.165) is 13.0 Å². The van der Waals surface area contributed by atoms with Gasteiger partial charge in [-0.1, -0.05) is 13.8 Å². The lowest BCUT2D eigenvalue weighted by Crippen LogP contribution is -2.39. The molecule has 15 heavy (non-hydrogen) atoms. The SMILES string of the molecule is CC(C)C(=O)OCC1CCCN1C(C)C. The van der Waals surface area contributed by atoms with Crippen LogP contribution in [0.1, 0.15) is 40.5 Å². The molecule has 1 saturated heterocycles. The molecule has 0 radical (unpaired) electrons. The highest BCUT2D eigenvalue weighted by atomic mass is 16.5. The Morgan fingerprint density at radius 3 is 2.60 bits per heavy atom. The van der Waals surface area contributed by atoms with E-state index in [0.29, 0.717) is 18.7 Å². The average molecular weight is 213 g/mol. The lowest BCUT2D eigenvalue weighted by Gasteiger charge is -2.27. The Labute approximate surface area is 92.8 Å². The Hall–Kier alpha value is -0.570. The second-order valence-electron chi connectivity index (χ2n) is 4.91. The number of carbonyl (C=O) groups excluding carboxylic acids is 1. The van der Waals surface area contributed by atoms with E-state index in [2.05, 4.69) is 18.7 Å². The first kappa shape index (κ1) is 12.5. The van der Waals surface area contributed by atoms with Crippen molar-refractivity contribution in [3.63, 3.8) is 0 Å². The maximum absolute atomic E-state index is 11.3. The van der Waals surface area contributed by atoms with Crippen molar-refractivity contribution in [2.24, 2.45) is 5.92 Å². The Morgan fingerprint density at radius 1 is 1.40 bits per heavy atom. The van der Waals surface area contributed by atoms with E-state index in [1.165, 1.54) is 6.42 Å². The molecule has 3 heteroatoms. The van der Waals surface area contributed by atoms with Gasteiger partial charge in [-0.3, -0.25) is 9.69 Å². The van der Waals surface area contributed by atoms with Gasteiger partial charge in [0.15, 0.2) is 0 Å². The molecule has 0 amide bonds. The van der Waals surface area contributed by atoms with Crippen LogP contribution >= 0.6 is 0 Å². The second kappa shape index (κ2) is 5.50. The Bertz CT molecular complexity index is 214. The maximum Gasteiger partial charge on any atom is 0.308 e. The number of esters is 1. The number of carbonyl (C=O) groups is 1. The smallest absolute Gasteiger partial charge is 0.308 e. The summed E-state index contributed by atoms with van der Waals surface area (Å²) in [5, 5.41) is 0. The van der Waals surface area contributed by atoms with Gasteiger partial charge in [-0.2, -0.15) is 0 Å². The molecule has 0 N–H and O–H groups in total. The molecule has 0 bridgehead atoms. The van der Waals surface area contributed by atoms with Crippen molar-refractivity contribution in [1.29, 1.82) is 0 Å². The predicted molar refractivity (Wildman–Crippen MR) is 60.7 cm³/mol. The normalized spacial score (nSPS) is 22.7. The zero-order chi connectivity index (χ0) is 11.4. The van der Waals surface area contributed by atoms with E-state index in [4.69, 9.17) is 4.74 Å². The number of likely N-dealkylation sites (tertiary alicyclic amines) is 1. The number of ether oxygens (including phenoxy) is 1. The molecular weight excluding hydrogens is 190 g/mol. The van der Waals surface area contributed by atoms with Gasteiger partial charge in [0.1, 0.15) is 6.61 Å². The molecule has 0 spiro atoms. The van der Waals surface area contributed by atoms with E-state index >= 15 is 0 Å². The van der Waals surface area contributed by atoms with Gasteiger partial charge >= 0.3 is 5.97 Å². The van der Waals surface area contributed by atoms with Crippen molar-refractivity contribution in [2.45, 2.75) is 52.6 Å². The summed E-state index contributed by atoms with van der Waals surface area (Å²) in [6.45, 7) is 9.84. The number of nitrogens with zero attached hydrogens (tertiary/aromatic N) is 1. The van der Waals surface area contributed by atoms with E-state index in [1.54, 1.807) is 0 Å². The molecule has 3 nitrogen and oxygen atoms in total. The van der Waals surface area contributed by atoms with Crippen LogP contribution in [-0.4, -0.2) is 36.1 Å². The summed E-state index contributed by atoms with van der Waals surface area (Å²) >= 11 is 0. The molecular formula is C12H23NO2. The van der Waals surface area contributed by atoms with E-state index in [-0.39, 0.29) is 11.9 Å². The predicted octanol–water partition coefficient (Wildman–Crippen LogP) is 2.06. The molecule has 1 heterocycles. The second-order valence-corrected chi connectivity index (χ2v) is 4.91. The largest absolute Gasteiger partial charge is 0.464 e. The third-order valence-electron chi connectivity index (χ3n) is 2.98. The first-order chi connectivity index (χ1) is 7.02. The lowest BCUT2D eigenvalue weighted by atomic mass is 10.2. The Morgan fingerprint density at radius 2 is 2.07 bits per heavy atom. The fourth-order valence-corrected chi connectivity index (χ4v) is 2.06. The van der Waals surface area contributed by atoms with Gasteiger partial charge in [0.05, 0.1) is 5.92 Å². The van der Waals surface area contributed by atoms with E-state index in [1.807, 2.05) is 13.8 Å². The molecule has 0 aliphatic carbocycles. The molecule has 0 aromatic carbocycles. The minimum atomic E-state index is -0.0781. The summed E-state index contributed by atoms with van der Waals surface area (Å²) in [4.78, 5) is 13.8. The molecule has 88 valence electrons. The molecule has 0 saturated carbocycles. The third-order valence-corrected chi connectivity index (χ3v) is 2.98. The van der Waals surface area contributed by atoms with Crippen LogP contribution in [0.4, 0.5) is 0 Å². The van der Waals surface area contributed by atoms with Gasteiger partial charge in [0.2, 0.25) is 0 Å². The quantitative estimate of drug-likeness (QED) is 0.669. The summed E-state index contributed by atoms with van der Waals surface area (Å²) in [7, 11) is 0. The monoisotopic (exact) mass is 213 g/mol. The first-order valence-electron chi connectivity index (χ1n) is 5.94. The topological polar surface area (TPSA) is 29.5 Å². The summed E-state index contributed by atoms with van der Waals surface area (Å²) in [5.74, 6) is -0.0930. The summed E-state index contributed by atoms with van der Waals surface area (Å²) in [5.41, 5.74) is 0. The van der Waals surface area contributed by atoms with Crippen LogP contribution in [0, 0.1) is 5.92 Å². The molecule has 0 aromatic heterocycles. The van der Waals surface area contributed by atoms with Crippen LogP contribution in [0.3, 0.4) is 0 Å². The Kier molecular flexibility index (Phi) is 4.58. The highest BCUT2D eigenvalue weighted by Crippen LogP contribution is 2.20. The fraction of sp³-hybridized carbons (Fsp3) is 0.917. The van der Waals surface area contributed by atoms with E-state index in [9.17, 15) is 4.79 Å². The molecule has 1 unspecified atom stereocenters. The van der Waals surface area contributed by atoms with Crippen molar-refractivity contribution in [2.75, 3.05) is 13.2 Å². The fourth-order valence-electron chi connectivity index (χ4n) is 2.06. The number of hydrogen-bond donors (Lipinski definition) is 0. The van der Waals surface area contributed by atoms with Crippen LogP contribution < -0.4 is 0 Å². The highest BCUT2D eigenvalue weighted by Gasteiger charge is 2.27. The summed E-state index contributed by atoms with van der Waals surface area (Å²) in [6.07, 6.45) is 2.38. The standard InChI is InChI=1S/C12H23NO2/c1-9(2)12(14)15-8-11-6-5-7-13(11)10(3)4/h9-11H,5-8H2,1-4H3. The van der Waals surface area contributed by atoms with Crippen LogP contribution in [0.15, 0.2) is 0 Å². The van der Waals surface area contributed by atoms with Gasteiger partial charge < -0.3 is 4.74 Å². The van der Waals surface area contributed by atoms with Crippen molar-refractivity contribution in [3.8, 4) is 0 Å². The van der Waals surface area contributed by atoms with Crippen molar-refractivity contribution < 1.29 is 9.53 Å². The molecule has 1 atom stereocenters. The van der Waals surface area contributed by atoms with Crippen LogP contribution in [0.25, 0.3) is 0 Å². The molecule has 1 aliphatic heterocycles. The number of hydrogen-bond acceptors (Lipinski definition) is 3. The van der Waals surface area contributed by atoms with Crippen LogP contribution in [0.2, 0.25) is 0 Å². The molecule has 1 fully saturated rings. The first-order valence-corrected chi connectivity index (χ1v) is 5.94. The van der Waals surface area contributed by atoms with E-state index < -0.39 is 0 Å². The third kappa shape index (κ3) is 3.49. The zero-order valence-electron chi connectivity index (χ0n) is 10.3. The minimum absolute atomic E-state index is 0.0149. The zero-order valence-corrected chi connectivity index (χ0v) is 10.3. The van der Waals surface area contributed by atoms with Gasteiger partial charge in [0.25, 0.3) is 0 Å². The highest BCUT2D eigenvalue weighted by molar-refractivity contribution is 5.71. The van der Waals surface area contributed by atoms with Gasteiger partial charge in [-0.05, 0) is 33.2 Å². The Balaban J connectivity index is 2.35. The van der Waals surface area contributed by atoms with Gasteiger partial charge in [0, 0.05) is 12.1 Å². The van der Waals surface area contributed by atoms with Crippen molar-refractivity contribution >= 4 is 5.97 Å². The average Bonchev–Trinajstić information content (AvgIpc) is 2.61. The lowest BCUT2D eigenvalue weighted by molar-refractivity contribution is -0.149. The van der Waals surface area contributed by atoms with Crippen molar-refractivity contribution in [3.05, 3.63) is 0 Å². The summed E-state index contributed by atoms with van der Waals surface area (Å²) < 4.78 is 5.29. The van der Waals surface area contributed by atoms with Crippen LogP contribution in [0.5, 0.6) is 0 Å². The molecule has 0 aromatic rings. The van der Waals surface area contributed by atoms with Gasteiger partial charge in [-0.15, -0.1) is 0 Å². The number of rotatable bonds is 4. The molecule has 1 rings (SSSR count).